The number of hydrogen-bond acceptors (Lipinski definition) is 3. The van der Waals surface area contributed by atoms with Gasteiger partial charge in [0.1, 0.15) is 0 Å². The van der Waals surface area contributed by atoms with Gasteiger partial charge in [0.05, 0.1) is 18.8 Å². The van der Waals surface area contributed by atoms with Crippen LogP contribution in [-0.2, 0) is 4.79 Å². The Morgan fingerprint density at radius 2 is 0.725 bits per heavy atom. The van der Waals surface area contributed by atoms with E-state index in [2.05, 4.69) is 19.2 Å². The summed E-state index contributed by atoms with van der Waals surface area (Å²) in [6.45, 7) is 4.34. The second kappa shape index (κ2) is 43.5. The second-order valence-corrected chi connectivity index (χ2v) is 16.2. The van der Waals surface area contributed by atoms with Gasteiger partial charge in [0.15, 0.2) is 0 Å². The minimum Gasteiger partial charge on any atom is -0.394 e. The van der Waals surface area contributed by atoms with Crippen LogP contribution in [0.25, 0.3) is 0 Å². The molecule has 0 saturated heterocycles. The van der Waals surface area contributed by atoms with Crippen LogP contribution in [-0.4, -0.2) is 34.9 Å². The number of amides is 1. The van der Waals surface area contributed by atoms with Crippen molar-refractivity contribution in [2.24, 2.45) is 0 Å². The topological polar surface area (TPSA) is 69.6 Å². The molecule has 304 valence electrons. The van der Waals surface area contributed by atoms with E-state index in [1.807, 2.05) is 6.08 Å². The molecule has 0 aliphatic heterocycles. The van der Waals surface area contributed by atoms with Gasteiger partial charge in [-0.05, 0) is 19.3 Å². The summed E-state index contributed by atoms with van der Waals surface area (Å²) >= 11 is 0. The van der Waals surface area contributed by atoms with Crippen molar-refractivity contribution in [1.82, 2.24) is 5.32 Å². The fourth-order valence-electron chi connectivity index (χ4n) is 7.42. The van der Waals surface area contributed by atoms with Crippen LogP contribution >= 0.6 is 0 Å². The third-order valence-electron chi connectivity index (χ3n) is 11.0. The van der Waals surface area contributed by atoms with E-state index in [0.29, 0.717) is 6.42 Å². The summed E-state index contributed by atoms with van der Waals surface area (Å²) in [4.78, 5) is 12.4. The number of allylic oxidation sites excluding steroid dienone is 1. The molecule has 2 atom stereocenters. The number of hydrogen-bond donors (Lipinski definition) is 3. The van der Waals surface area contributed by atoms with Crippen molar-refractivity contribution in [3.05, 3.63) is 12.2 Å². The molecule has 0 heterocycles. The lowest BCUT2D eigenvalue weighted by Gasteiger charge is -2.20. The van der Waals surface area contributed by atoms with Crippen molar-refractivity contribution in [3.8, 4) is 0 Å². The molecule has 4 heteroatoms. The molecule has 0 radical (unpaired) electrons. The number of aliphatic hydroxyl groups excluding tert-OH is 2. The summed E-state index contributed by atoms with van der Waals surface area (Å²) in [5, 5.41) is 23.1. The van der Waals surface area contributed by atoms with Gasteiger partial charge in [-0.3, -0.25) is 4.79 Å². The van der Waals surface area contributed by atoms with Crippen LogP contribution < -0.4 is 5.32 Å². The average molecular weight is 720 g/mol. The molecule has 0 aliphatic rings. The molecular formula is C47H93NO3. The molecule has 0 rings (SSSR count). The van der Waals surface area contributed by atoms with E-state index in [4.69, 9.17) is 0 Å². The second-order valence-electron chi connectivity index (χ2n) is 16.2. The van der Waals surface area contributed by atoms with E-state index in [1.54, 1.807) is 6.08 Å². The number of rotatable bonds is 43. The molecule has 3 N–H and O–H groups in total. The SMILES string of the molecule is CCCCCCCCCCCCCCCCCCCCCC/C=C/C(O)C(CO)NC(=O)CCCCCCCCCCCCCCCCCCC. The van der Waals surface area contributed by atoms with Crippen LogP contribution in [0.15, 0.2) is 12.2 Å². The molecule has 1 amide bonds. The third-order valence-corrected chi connectivity index (χ3v) is 11.0. The maximum atomic E-state index is 12.4. The number of unbranched alkanes of at least 4 members (excludes halogenated alkanes) is 36. The summed E-state index contributed by atoms with van der Waals surface area (Å²) in [5.41, 5.74) is 0. The van der Waals surface area contributed by atoms with Crippen LogP contribution in [0.3, 0.4) is 0 Å². The van der Waals surface area contributed by atoms with Crippen LogP contribution in [0, 0.1) is 0 Å². The molecule has 0 aliphatic carbocycles. The maximum absolute atomic E-state index is 12.4. The Hall–Kier alpha value is -0.870. The highest BCUT2D eigenvalue weighted by Crippen LogP contribution is 2.17. The van der Waals surface area contributed by atoms with Gasteiger partial charge in [-0.15, -0.1) is 0 Å². The summed E-state index contributed by atoms with van der Waals surface area (Å²) in [6, 6.07) is -0.616. The number of carbonyl (C=O) groups excluding carboxylic acids is 1. The molecule has 0 aromatic rings. The van der Waals surface area contributed by atoms with E-state index in [9.17, 15) is 15.0 Å². The molecule has 4 nitrogen and oxygen atoms in total. The van der Waals surface area contributed by atoms with E-state index >= 15 is 0 Å². The quantitative estimate of drug-likeness (QED) is 0.0434. The van der Waals surface area contributed by atoms with E-state index in [1.165, 1.54) is 218 Å². The monoisotopic (exact) mass is 720 g/mol. The minimum absolute atomic E-state index is 0.0588. The van der Waals surface area contributed by atoms with Crippen LogP contribution in [0.2, 0.25) is 0 Å². The van der Waals surface area contributed by atoms with Crippen molar-refractivity contribution in [2.75, 3.05) is 6.61 Å². The van der Waals surface area contributed by atoms with Gasteiger partial charge in [-0.1, -0.05) is 251 Å². The van der Waals surface area contributed by atoms with Gasteiger partial charge in [0, 0.05) is 6.42 Å². The lowest BCUT2D eigenvalue weighted by Crippen LogP contribution is -2.45. The van der Waals surface area contributed by atoms with Crippen molar-refractivity contribution in [3.63, 3.8) is 0 Å². The standard InChI is InChI=1S/C47H93NO3/c1-3-5-7-9-11-13-15-17-19-21-22-23-24-25-27-28-30-32-34-36-38-40-42-46(50)45(44-49)48-47(51)43-41-39-37-35-33-31-29-26-20-18-16-14-12-10-8-6-4-2/h40,42,45-46,49-50H,3-39,41,43-44H2,1-2H3,(H,48,51)/b42-40+. The van der Waals surface area contributed by atoms with Crippen LogP contribution in [0.5, 0.6) is 0 Å². The van der Waals surface area contributed by atoms with E-state index in [-0.39, 0.29) is 12.5 Å². The third kappa shape index (κ3) is 40.2. The van der Waals surface area contributed by atoms with Gasteiger partial charge in [-0.25, -0.2) is 0 Å². The first-order valence-corrected chi connectivity index (χ1v) is 23.4. The maximum Gasteiger partial charge on any atom is 0.220 e. The van der Waals surface area contributed by atoms with Gasteiger partial charge in [-0.2, -0.15) is 0 Å². The van der Waals surface area contributed by atoms with Gasteiger partial charge < -0.3 is 15.5 Å². The van der Waals surface area contributed by atoms with Gasteiger partial charge in [0.25, 0.3) is 0 Å². The van der Waals surface area contributed by atoms with Crippen LogP contribution in [0.1, 0.15) is 264 Å². The van der Waals surface area contributed by atoms with E-state index < -0.39 is 12.1 Å². The molecule has 0 aromatic carbocycles. The fraction of sp³-hybridized carbons (Fsp3) is 0.936. The zero-order chi connectivity index (χ0) is 37.1. The number of carbonyl (C=O) groups is 1. The Bertz CT molecular complexity index is 695. The first-order valence-electron chi connectivity index (χ1n) is 23.4. The molecule has 51 heavy (non-hydrogen) atoms. The van der Waals surface area contributed by atoms with E-state index in [0.717, 1.165) is 25.7 Å². The molecule has 0 fully saturated rings. The highest BCUT2D eigenvalue weighted by molar-refractivity contribution is 5.76. The fourth-order valence-corrected chi connectivity index (χ4v) is 7.42. The van der Waals surface area contributed by atoms with Crippen molar-refractivity contribution < 1.29 is 15.0 Å². The highest BCUT2D eigenvalue weighted by atomic mass is 16.3. The Kier molecular flexibility index (Phi) is 42.8. The summed E-state index contributed by atoms with van der Waals surface area (Å²) in [6.07, 6.45) is 54.7. The predicted octanol–water partition coefficient (Wildman–Crippen LogP) is 14.6. The average Bonchev–Trinajstić information content (AvgIpc) is 3.13. The molecular weight excluding hydrogens is 627 g/mol. The van der Waals surface area contributed by atoms with Gasteiger partial charge in [0.2, 0.25) is 5.91 Å². The molecule has 2 unspecified atom stereocenters. The van der Waals surface area contributed by atoms with Crippen molar-refractivity contribution in [2.45, 2.75) is 276 Å². The minimum atomic E-state index is -0.834. The highest BCUT2D eigenvalue weighted by Gasteiger charge is 2.18. The summed E-state index contributed by atoms with van der Waals surface area (Å²) in [5.74, 6) is -0.0588. The first kappa shape index (κ1) is 50.1. The zero-order valence-corrected chi connectivity index (χ0v) is 34.9. The Morgan fingerprint density at radius 1 is 0.451 bits per heavy atom. The van der Waals surface area contributed by atoms with Crippen molar-refractivity contribution in [1.29, 1.82) is 0 Å². The predicted molar refractivity (Wildman–Crippen MR) is 226 cm³/mol. The first-order chi connectivity index (χ1) is 25.2. The van der Waals surface area contributed by atoms with Gasteiger partial charge >= 0.3 is 0 Å². The van der Waals surface area contributed by atoms with Crippen LogP contribution in [0.4, 0.5) is 0 Å². The van der Waals surface area contributed by atoms with Crippen molar-refractivity contribution >= 4 is 5.91 Å². The smallest absolute Gasteiger partial charge is 0.220 e. The largest absolute Gasteiger partial charge is 0.394 e. The normalized spacial score (nSPS) is 12.9. The molecule has 0 spiro atoms. The lowest BCUT2D eigenvalue weighted by atomic mass is 10.0. The Morgan fingerprint density at radius 3 is 1.02 bits per heavy atom. The zero-order valence-electron chi connectivity index (χ0n) is 34.9. The Balaban J connectivity index is 3.50. The Labute approximate surface area is 320 Å². The molecule has 0 saturated carbocycles. The lowest BCUT2D eigenvalue weighted by molar-refractivity contribution is -0.123. The number of aliphatic hydroxyl groups is 2. The molecule has 0 aromatic heterocycles. The summed E-state index contributed by atoms with van der Waals surface area (Å²) in [7, 11) is 0. The summed E-state index contributed by atoms with van der Waals surface area (Å²) < 4.78 is 0. The number of nitrogens with one attached hydrogen (secondary N) is 1. The molecule has 0 bridgehead atoms.